The number of aromatic nitrogens is 3. The van der Waals surface area contributed by atoms with Gasteiger partial charge in [0.05, 0.1) is 16.9 Å². The van der Waals surface area contributed by atoms with Gasteiger partial charge >= 0.3 is 0 Å². The predicted molar refractivity (Wildman–Crippen MR) is 83.6 cm³/mol. The van der Waals surface area contributed by atoms with Crippen LogP contribution < -0.4 is 11.1 Å². The Bertz CT molecular complexity index is 765. The van der Waals surface area contributed by atoms with Crippen LogP contribution in [0.15, 0.2) is 61.2 Å². The van der Waals surface area contributed by atoms with E-state index in [-0.39, 0.29) is 0 Å². The first-order valence-electron chi connectivity index (χ1n) is 6.81. The lowest BCUT2D eigenvalue weighted by Gasteiger charge is -2.10. The Balaban J connectivity index is 1.71. The number of pyridine rings is 1. The number of nitrogens with zero attached hydrogens (tertiary/aromatic N) is 3. The van der Waals surface area contributed by atoms with E-state index in [0.29, 0.717) is 17.8 Å². The van der Waals surface area contributed by atoms with Crippen molar-refractivity contribution in [1.82, 2.24) is 14.8 Å². The summed E-state index contributed by atoms with van der Waals surface area (Å²) < 4.78 is 1.80. The zero-order valence-corrected chi connectivity index (χ0v) is 11.8. The first-order chi connectivity index (χ1) is 10.7. The summed E-state index contributed by atoms with van der Waals surface area (Å²) in [6.45, 7) is 0.587. The van der Waals surface area contributed by atoms with Gasteiger partial charge in [-0.15, -0.1) is 0 Å². The van der Waals surface area contributed by atoms with E-state index in [0.717, 1.165) is 11.3 Å². The SMILES string of the molecule is NC(=O)c1cnccc1NCc1ccc(-n2cccn2)cc1. The number of carbonyl (C=O) groups is 1. The second kappa shape index (κ2) is 6.09. The van der Waals surface area contributed by atoms with Crippen LogP contribution in [0.5, 0.6) is 0 Å². The Kier molecular flexibility index (Phi) is 3.82. The van der Waals surface area contributed by atoms with Gasteiger partial charge < -0.3 is 11.1 Å². The van der Waals surface area contributed by atoms with Crippen molar-refractivity contribution in [2.45, 2.75) is 6.54 Å². The van der Waals surface area contributed by atoms with Crippen molar-refractivity contribution in [3.05, 3.63) is 72.3 Å². The van der Waals surface area contributed by atoms with Crippen LogP contribution in [-0.4, -0.2) is 20.7 Å². The Morgan fingerprint density at radius 2 is 2.00 bits per heavy atom. The Morgan fingerprint density at radius 1 is 1.18 bits per heavy atom. The minimum absolute atomic E-state index is 0.385. The van der Waals surface area contributed by atoms with E-state index in [2.05, 4.69) is 15.4 Å². The van der Waals surface area contributed by atoms with Gasteiger partial charge in [0.1, 0.15) is 0 Å². The zero-order chi connectivity index (χ0) is 15.4. The molecule has 3 N–H and O–H groups in total. The summed E-state index contributed by atoms with van der Waals surface area (Å²) in [5.41, 5.74) is 8.48. The highest BCUT2D eigenvalue weighted by atomic mass is 16.1. The van der Waals surface area contributed by atoms with Gasteiger partial charge in [-0.05, 0) is 29.8 Å². The van der Waals surface area contributed by atoms with Crippen LogP contribution in [0.1, 0.15) is 15.9 Å². The maximum Gasteiger partial charge on any atom is 0.252 e. The van der Waals surface area contributed by atoms with E-state index in [1.54, 1.807) is 23.1 Å². The topological polar surface area (TPSA) is 85.8 Å². The fraction of sp³-hybridized carbons (Fsp3) is 0.0625. The summed E-state index contributed by atoms with van der Waals surface area (Å²) in [7, 11) is 0. The third-order valence-electron chi connectivity index (χ3n) is 3.27. The largest absolute Gasteiger partial charge is 0.380 e. The summed E-state index contributed by atoms with van der Waals surface area (Å²) in [6.07, 6.45) is 6.72. The van der Waals surface area contributed by atoms with E-state index in [9.17, 15) is 4.79 Å². The van der Waals surface area contributed by atoms with Crippen LogP contribution >= 0.6 is 0 Å². The molecule has 2 heterocycles. The molecular formula is C16H15N5O. The average Bonchev–Trinajstić information content (AvgIpc) is 3.08. The van der Waals surface area contributed by atoms with Crippen molar-refractivity contribution in [1.29, 1.82) is 0 Å². The number of amides is 1. The smallest absolute Gasteiger partial charge is 0.252 e. The molecule has 0 aliphatic carbocycles. The van der Waals surface area contributed by atoms with Crippen molar-refractivity contribution < 1.29 is 4.79 Å². The van der Waals surface area contributed by atoms with Gasteiger partial charge in [0.25, 0.3) is 5.91 Å². The van der Waals surface area contributed by atoms with Gasteiger partial charge in [-0.3, -0.25) is 9.78 Å². The molecule has 0 bridgehead atoms. The van der Waals surface area contributed by atoms with Crippen LogP contribution in [-0.2, 0) is 6.54 Å². The molecule has 1 aromatic carbocycles. The Labute approximate surface area is 127 Å². The maximum atomic E-state index is 11.3. The second-order valence-electron chi connectivity index (χ2n) is 4.76. The highest BCUT2D eigenvalue weighted by Crippen LogP contribution is 2.15. The lowest BCUT2D eigenvalue weighted by molar-refractivity contribution is 0.100. The van der Waals surface area contributed by atoms with E-state index in [4.69, 9.17) is 5.73 Å². The molecule has 22 heavy (non-hydrogen) atoms. The summed E-state index contributed by atoms with van der Waals surface area (Å²) in [5.74, 6) is -0.496. The summed E-state index contributed by atoms with van der Waals surface area (Å²) in [5, 5.41) is 7.39. The minimum atomic E-state index is -0.496. The van der Waals surface area contributed by atoms with Gasteiger partial charge in [-0.2, -0.15) is 5.10 Å². The monoisotopic (exact) mass is 293 g/mol. The number of carbonyl (C=O) groups excluding carboxylic acids is 1. The van der Waals surface area contributed by atoms with Crippen LogP contribution in [0.3, 0.4) is 0 Å². The normalized spacial score (nSPS) is 10.4. The lowest BCUT2D eigenvalue weighted by Crippen LogP contribution is -2.14. The molecule has 0 aliphatic heterocycles. The van der Waals surface area contributed by atoms with E-state index >= 15 is 0 Å². The predicted octanol–water partition coefficient (Wildman–Crippen LogP) is 1.98. The van der Waals surface area contributed by atoms with Crippen LogP contribution in [0.25, 0.3) is 5.69 Å². The van der Waals surface area contributed by atoms with E-state index in [1.165, 1.54) is 6.20 Å². The number of nitrogens with one attached hydrogen (secondary N) is 1. The fourth-order valence-corrected chi connectivity index (χ4v) is 2.13. The number of hydrogen-bond acceptors (Lipinski definition) is 4. The molecule has 0 aliphatic rings. The molecule has 0 atom stereocenters. The molecule has 3 aromatic rings. The van der Waals surface area contributed by atoms with Crippen molar-refractivity contribution in [3.8, 4) is 5.69 Å². The molecule has 2 aromatic heterocycles. The molecular weight excluding hydrogens is 278 g/mol. The van der Waals surface area contributed by atoms with Crippen LogP contribution in [0, 0.1) is 0 Å². The summed E-state index contributed by atoms with van der Waals surface area (Å²) in [6, 6.07) is 11.6. The van der Waals surface area contributed by atoms with E-state index < -0.39 is 5.91 Å². The van der Waals surface area contributed by atoms with Gasteiger partial charge in [0.2, 0.25) is 0 Å². The van der Waals surface area contributed by atoms with Crippen LogP contribution in [0.4, 0.5) is 5.69 Å². The number of primary amides is 1. The van der Waals surface area contributed by atoms with Crippen molar-refractivity contribution in [3.63, 3.8) is 0 Å². The lowest BCUT2D eigenvalue weighted by atomic mass is 10.2. The van der Waals surface area contributed by atoms with Gasteiger partial charge in [-0.25, -0.2) is 4.68 Å². The van der Waals surface area contributed by atoms with Crippen molar-refractivity contribution in [2.24, 2.45) is 5.73 Å². The maximum absolute atomic E-state index is 11.3. The molecule has 0 spiro atoms. The highest BCUT2D eigenvalue weighted by Gasteiger charge is 2.07. The number of anilines is 1. The quantitative estimate of drug-likeness (QED) is 0.753. The fourth-order valence-electron chi connectivity index (χ4n) is 2.13. The molecule has 0 unspecified atom stereocenters. The number of rotatable bonds is 5. The highest BCUT2D eigenvalue weighted by molar-refractivity contribution is 5.98. The summed E-state index contributed by atoms with van der Waals surface area (Å²) in [4.78, 5) is 15.3. The third kappa shape index (κ3) is 2.95. The standard InChI is InChI=1S/C16H15N5O/c17-16(22)14-11-18-8-6-15(14)19-10-12-2-4-13(5-3-12)21-9-1-7-20-21/h1-9,11H,10H2,(H2,17,22)(H,18,19). The molecule has 0 fully saturated rings. The molecule has 0 saturated carbocycles. The average molecular weight is 293 g/mol. The van der Waals surface area contributed by atoms with Gasteiger partial charge in [0, 0.05) is 31.3 Å². The number of nitrogens with two attached hydrogens (primary N) is 1. The number of benzene rings is 1. The Morgan fingerprint density at radius 3 is 2.68 bits per heavy atom. The molecule has 6 nitrogen and oxygen atoms in total. The van der Waals surface area contributed by atoms with Gasteiger partial charge in [0.15, 0.2) is 0 Å². The van der Waals surface area contributed by atoms with Crippen LogP contribution in [0.2, 0.25) is 0 Å². The molecule has 1 amide bonds. The first-order valence-corrected chi connectivity index (χ1v) is 6.81. The van der Waals surface area contributed by atoms with Crippen molar-refractivity contribution >= 4 is 11.6 Å². The third-order valence-corrected chi connectivity index (χ3v) is 3.27. The second-order valence-corrected chi connectivity index (χ2v) is 4.76. The molecule has 6 heteroatoms. The molecule has 0 saturated heterocycles. The molecule has 3 rings (SSSR count). The van der Waals surface area contributed by atoms with Gasteiger partial charge in [-0.1, -0.05) is 12.1 Å². The van der Waals surface area contributed by atoms with Crippen molar-refractivity contribution in [2.75, 3.05) is 5.32 Å². The number of hydrogen-bond donors (Lipinski definition) is 2. The summed E-state index contributed by atoms with van der Waals surface area (Å²) >= 11 is 0. The zero-order valence-electron chi connectivity index (χ0n) is 11.8. The molecule has 110 valence electrons. The minimum Gasteiger partial charge on any atom is -0.380 e. The van der Waals surface area contributed by atoms with E-state index in [1.807, 2.05) is 36.5 Å². The first kappa shape index (κ1) is 13.8. The molecule has 0 radical (unpaired) electrons. The Hall–Kier alpha value is -3.15.